The molecular formula is C38H78NS2+. The van der Waals surface area contributed by atoms with Crippen molar-refractivity contribution >= 4 is 21.6 Å². The van der Waals surface area contributed by atoms with Crippen LogP contribution in [0.25, 0.3) is 0 Å². The van der Waals surface area contributed by atoms with Crippen LogP contribution in [-0.4, -0.2) is 43.2 Å². The van der Waals surface area contributed by atoms with Crippen molar-refractivity contribution in [2.75, 3.05) is 38.7 Å². The largest absolute Gasteiger partial charge is 0.328 e. The standard InChI is InChI=1S/C38H78NS2/c1-39(2)35-31-27-23-19-15-11-7-3-5-9-13-17-21-25-29-33-37-40-41-38-34-30-26-22-18-14-10-6-4-8-12-16-20-24-28-32-36-39/h3-38H2,1-2H3/q+1. The first-order valence-corrected chi connectivity index (χ1v) is 21.8. The van der Waals surface area contributed by atoms with Gasteiger partial charge in [-0.2, -0.15) is 0 Å². The third-order valence-electron chi connectivity index (χ3n) is 9.57. The van der Waals surface area contributed by atoms with E-state index >= 15 is 0 Å². The molecule has 0 aromatic carbocycles. The minimum atomic E-state index is 1.25. The van der Waals surface area contributed by atoms with E-state index in [-0.39, 0.29) is 0 Å². The van der Waals surface area contributed by atoms with E-state index in [0.29, 0.717) is 0 Å². The molecule has 0 amide bonds. The second-order valence-corrected chi connectivity index (χ2v) is 17.0. The van der Waals surface area contributed by atoms with Gasteiger partial charge in [0.05, 0.1) is 27.2 Å². The van der Waals surface area contributed by atoms with E-state index in [9.17, 15) is 0 Å². The number of hydrogen-bond donors (Lipinski definition) is 0. The minimum Gasteiger partial charge on any atom is -0.328 e. The summed E-state index contributed by atoms with van der Waals surface area (Å²) in [7, 11) is 9.24. The quantitative estimate of drug-likeness (QED) is 0.197. The summed E-state index contributed by atoms with van der Waals surface area (Å²) < 4.78 is 1.25. The van der Waals surface area contributed by atoms with E-state index in [4.69, 9.17) is 0 Å². The smallest absolute Gasteiger partial charge is 0.0782 e. The summed E-state index contributed by atoms with van der Waals surface area (Å²) in [6.07, 6.45) is 47.2. The average Bonchev–Trinajstić information content (AvgIpc) is 2.96. The molecule has 0 aromatic heterocycles. The van der Waals surface area contributed by atoms with E-state index in [1.807, 2.05) is 0 Å². The lowest BCUT2D eigenvalue weighted by Gasteiger charge is -2.30. The molecule has 1 aliphatic rings. The molecule has 1 aliphatic heterocycles. The first-order chi connectivity index (χ1) is 20.2. The second kappa shape index (κ2) is 32.1. The minimum absolute atomic E-state index is 1.25. The van der Waals surface area contributed by atoms with Gasteiger partial charge in [0, 0.05) is 11.5 Å². The Hall–Kier alpha value is 0.660. The number of hydrogen-bond acceptors (Lipinski definition) is 2. The van der Waals surface area contributed by atoms with Crippen LogP contribution in [0.15, 0.2) is 0 Å². The van der Waals surface area contributed by atoms with Crippen LogP contribution < -0.4 is 0 Å². The molecule has 1 rings (SSSR count). The zero-order valence-corrected chi connectivity index (χ0v) is 30.4. The van der Waals surface area contributed by atoms with Gasteiger partial charge in [0.2, 0.25) is 0 Å². The van der Waals surface area contributed by atoms with Crippen molar-refractivity contribution in [2.45, 2.75) is 205 Å². The first kappa shape index (κ1) is 39.7. The normalized spacial score (nSPS) is 24.7. The molecule has 0 aliphatic carbocycles. The summed E-state index contributed by atoms with van der Waals surface area (Å²) in [6.45, 7) is 2.77. The molecule has 1 heterocycles. The predicted molar refractivity (Wildman–Crippen MR) is 195 cm³/mol. The molecule has 1 fully saturated rings. The van der Waals surface area contributed by atoms with Gasteiger partial charge < -0.3 is 4.48 Å². The Labute approximate surface area is 269 Å². The Bertz CT molecular complexity index is 453. The molecule has 3 heteroatoms. The fourth-order valence-electron chi connectivity index (χ4n) is 6.58. The summed E-state index contributed by atoms with van der Waals surface area (Å²) in [5.74, 6) is 2.75. The molecule has 0 saturated carbocycles. The predicted octanol–water partition coefficient (Wildman–Crippen LogP) is 13.9. The molecule has 0 atom stereocenters. The van der Waals surface area contributed by atoms with E-state index in [1.54, 1.807) is 0 Å². The van der Waals surface area contributed by atoms with Crippen LogP contribution in [0.5, 0.6) is 0 Å². The van der Waals surface area contributed by atoms with Crippen LogP contribution in [0.4, 0.5) is 0 Å². The van der Waals surface area contributed by atoms with E-state index in [2.05, 4.69) is 35.7 Å². The van der Waals surface area contributed by atoms with Crippen molar-refractivity contribution in [1.29, 1.82) is 0 Å². The second-order valence-electron chi connectivity index (χ2n) is 14.3. The molecular weight excluding hydrogens is 535 g/mol. The highest BCUT2D eigenvalue weighted by Crippen LogP contribution is 2.25. The maximum Gasteiger partial charge on any atom is 0.0782 e. The third kappa shape index (κ3) is 31.9. The maximum absolute atomic E-state index is 2.47. The van der Waals surface area contributed by atoms with Gasteiger partial charge in [-0.1, -0.05) is 189 Å². The Kier molecular flexibility index (Phi) is 31.0. The Balaban J connectivity index is 2.10. The molecule has 0 radical (unpaired) electrons. The van der Waals surface area contributed by atoms with E-state index in [1.165, 1.54) is 235 Å². The van der Waals surface area contributed by atoms with E-state index < -0.39 is 0 Å². The lowest BCUT2D eigenvalue weighted by atomic mass is 10.0. The van der Waals surface area contributed by atoms with Crippen LogP contribution in [0.2, 0.25) is 0 Å². The fraction of sp³-hybridized carbons (Fsp3) is 1.00. The summed E-state index contributed by atoms with van der Waals surface area (Å²) in [6, 6.07) is 0. The van der Waals surface area contributed by atoms with Gasteiger partial charge in [0.1, 0.15) is 0 Å². The average molecular weight is 613 g/mol. The van der Waals surface area contributed by atoms with Gasteiger partial charge in [-0.25, -0.2) is 0 Å². The molecule has 0 N–H and O–H groups in total. The molecule has 41 heavy (non-hydrogen) atoms. The lowest BCUT2D eigenvalue weighted by Crippen LogP contribution is -2.41. The number of rotatable bonds is 0. The van der Waals surface area contributed by atoms with Gasteiger partial charge in [-0.05, 0) is 38.5 Å². The summed E-state index contributed by atoms with van der Waals surface area (Å²) in [4.78, 5) is 0. The van der Waals surface area contributed by atoms with Gasteiger partial charge in [0.15, 0.2) is 0 Å². The molecule has 0 spiro atoms. The molecule has 0 aromatic rings. The number of nitrogens with zero attached hydrogens (tertiary/aromatic N) is 1. The molecule has 246 valence electrons. The highest BCUT2D eigenvalue weighted by Gasteiger charge is 2.13. The zero-order chi connectivity index (χ0) is 29.4. The van der Waals surface area contributed by atoms with Gasteiger partial charge in [0.25, 0.3) is 0 Å². The maximum atomic E-state index is 2.47. The van der Waals surface area contributed by atoms with Crippen LogP contribution in [0, 0.1) is 0 Å². The Morgan fingerprint density at radius 3 is 0.634 bits per heavy atom. The Morgan fingerprint density at radius 2 is 0.415 bits per heavy atom. The SMILES string of the molecule is C[N+]1(C)CCCCCCCCCCCCCCCCCCSSCCCCCCCCCCCCCCCCCC1. The summed E-state index contributed by atoms with van der Waals surface area (Å²) in [5.41, 5.74) is 0. The van der Waals surface area contributed by atoms with Crippen molar-refractivity contribution in [1.82, 2.24) is 0 Å². The van der Waals surface area contributed by atoms with Crippen LogP contribution in [-0.2, 0) is 0 Å². The van der Waals surface area contributed by atoms with E-state index in [0.717, 1.165) is 0 Å². The van der Waals surface area contributed by atoms with Crippen molar-refractivity contribution in [3.05, 3.63) is 0 Å². The highest BCUT2D eigenvalue weighted by molar-refractivity contribution is 8.76. The van der Waals surface area contributed by atoms with Crippen molar-refractivity contribution < 1.29 is 4.48 Å². The molecule has 1 nitrogen and oxygen atoms in total. The number of quaternary nitrogens is 1. The van der Waals surface area contributed by atoms with Gasteiger partial charge >= 0.3 is 0 Å². The topological polar surface area (TPSA) is 0 Å². The molecule has 0 bridgehead atoms. The van der Waals surface area contributed by atoms with Crippen LogP contribution in [0.1, 0.15) is 205 Å². The van der Waals surface area contributed by atoms with Crippen molar-refractivity contribution in [3.63, 3.8) is 0 Å². The van der Waals surface area contributed by atoms with Crippen LogP contribution in [0.3, 0.4) is 0 Å². The third-order valence-corrected chi connectivity index (χ3v) is 12.1. The van der Waals surface area contributed by atoms with Gasteiger partial charge in [-0.15, -0.1) is 0 Å². The van der Waals surface area contributed by atoms with Crippen molar-refractivity contribution in [3.8, 4) is 0 Å². The molecule has 1 saturated heterocycles. The monoisotopic (exact) mass is 613 g/mol. The highest BCUT2D eigenvalue weighted by atomic mass is 33.1. The summed E-state index contributed by atoms with van der Waals surface area (Å²) in [5, 5.41) is 0. The van der Waals surface area contributed by atoms with Crippen LogP contribution >= 0.6 is 21.6 Å². The summed E-state index contributed by atoms with van der Waals surface area (Å²) >= 11 is 0. The van der Waals surface area contributed by atoms with Gasteiger partial charge in [-0.3, -0.25) is 0 Å². The zero-order valence-electron chi connectivity index (χ0n) is 28.7. The first-order valence-electron chi connectivity index (χ1n) is 19.3. The molecule has 0 unspecified atom stereocenters. The fourth-order valence-corrected chi connectivity index (χ4v) is 8.87. The van der Waals surface area contributed by atoms with Crippen molar-refractivity contribution in [2.24, 2.45) is 0 Å². The Morgan fingerprint density at radius 1 is 0.244 bits per heavy atom. The lowest BCUT2D eigenvalue weighted by molar-refractivity contribution is -0.890.